The van der Waals surface area contributed by atoms with Gasteiger partial charge in [-0.15, -0.1) is 0 Å². The molecule has 2 aliphatic heterocycles. The standard InChI is InChI=1S/C34H51ClF2N4O3/c1-9-38-29(42)28-18-25(40(31(44)32(2,3)4)24-14-16-34(36,37)17-15-24)21-41(28,8)30(43)27-20-39(33(5,6)7)19-26(27)22-10-12-23(35)13-11-22/h10-13,24-28H,9,14-21H2,1-8H3/p+1/t25-,26-,27+,28-,41?/m0/s1. The van der Waals surface area contributed by atoms with E-state index in [1.54, 1.807) is 4.90 Å². The number of nitrogens with one attached hydrogen (secondary N) is 1. The zero-order chi connectivity index (χ0) is 32.8. The van der Waals surface area contributed by atoms with Gasteiger partial charge in [0.15, 0.2) is 6.04 Å². The normalized spacial score (nSPS) is 29.9. The molecule has 10 heteroatoms. The molecule has 3 aliphatic rings. The van der Waals surface area contributed by atoms with Gasteiger partial charge in [-0.3, -0.25) is 19.0 Å². The monoisotopic (exact) mass is 637 g/mol. The van der Waals surface area contributed by atoms with Gasteiger partial charge in [0.05, 0.1) is 19.0 Å². The second-order valence-electron chi connectivity index (χ2n) is 15.5. The number of alkyl halides is 2. The largest absolute Gasteiger partial charge is 0.351 e. The first kappa shape index (κ1) is 34.8. The minimum Gasteiger partial charge on any atom is -0.351 e. The summed E-state index contributed by atoms with van der Waals surface area (Å²) in [6, 6.07) is 6.19. The van der Waals surface area contributed by atoms with Crippen LogP contribution in [-0.2, 0) is 14.4 Å². The van der Waals surface area contributed by atoms with Crippen molar-refractivity contribution in [3.63, 3.8) is 0 Å². The van der Waals surface area contributed by atoms with E-state index in [-0.39, 0.29) is 77.8 Å². The molecule has 2 heterocycles. The maximum absolute atomic E-state index is 14.9. The van der Waals surface area contributed by atoms with Gasteiger partial charge in [-0.05, 0) is 58.2 Å². The molecule has 44 heavy (non-hydrogen) atoms. The van der Waals surface area contributed by atoms with Crippen LogP contribution in [0.2, 0.25) is 5.02 Å². The lowest BCUT2D eigenvalue weighted by Crippen LogP contribution is -2.61. The minimum absolute atomic E-state index is 0.0196. The van der Waals surface area contributed by atoms with Crippen LogP contribution >= 0.6 is 11.6 Å². The van der Waals surface area contributed by atoms with Gasteiger partial charge in [0.1, 0.15) is 6.54 Å². The fourth-order valence-electron chi connectivity index (χ4n) is 7.58. The number of benzene rings is 1. The maximum atomic E-state index is 14.9. The molecule has 0 aromatic heterocycles. The van der Waals surface area contributed by atoms with E-state index in [1.807, 2.05) is 59.0 Å². The Labute approximate surface area is 267 Å². The highest BCUT2D eigenvalue weighted by Crippen LogP contribution is 2.43. The zero-order valence-electron chi connectivity index (χ0n) is 27.8. The van der Waals surface area contributed by atoms with Crippen molar-refractivity contribution in [3.05, 3.63) is 34.9 Å². The summed E-state index contributed by atoms with van der Waals surface area (Å²) in [5.74, 6) is -3.55. The third kappa shape index (κ3) is 7.15. The van der Waals surface area contributed by atoms with Crippen LogP contribution in [0.1, 0.15) is 92.1 Å². The van der Waals surface area contributed by atoms with Crippen LogP contribution in [0.25, 0.3) is 0 Å². The lowest BCUT2D eigenvalue weighted by molar-refractivity contribution is -0.840. The molecule has 4 rings (SSSR count). The number of carbonyl (C=O) groups is 3. The van der Waals surface area contributed by atoms with Crippen LogP contribution < -0.4 is 5.32 Å². The number of hydrogen-bond donors (Lipinski definition) is 1. The minimum atomic E-state index is -2.73. The average Bonchev–Trinajstić information content (AvgIpc) is 3.52. The van der Waals surface area contributed by atoms with Gasteiger partial charge in [0.25, 0.3) is 5.91 Å². The molecule has 0 bridgehead atoms. The van der Waals surface area contributed by atoms with Crippen LogP contribution in [0.3, 0.4) is 0 Å². The Morgan fingerprint density at radius 1 is 1.02 bits per heavy atom. The summed E-state index contributed by atoms with van der Waals surface area (Å²) in [4.78, 5) is 46.7. The Balaban J connectivity index is 1.73. The second kappa shape index (κ2) is 12.6. The summed E-state index contributed by atoms with van der Waals surface area (Å²) >= 11 is 6.21. The number of carbonyl (C=O) groups excluding carboxylic acids is 3. The second-order valence-corrected chi connectivity index (χ2v) is 15.9. The van der Waals surface area contributed by atoms with E-state index in [1.165, 1.54) is 0 Å². The third-order valence-electron chi connectivity index (χ3n) is 10.2. The van der Waals surface area contributed by atoms with E-state index in [9.17, 15) is 23.2 Å². The molecule has 3 fully saturated rings. The number of quaternary nitrogens is 1. The van der Waals surface area contributed by atoms with Gasteiger partial charge in [-0.25, -0.2) is 13.6 Å². The van der Waals surface area contributed by atoms with E-state index < -0.39 is 23.4 Å². The molecule has 1 aromatic rings. The van der Waals surface area contributed by atoms with Crippen molar-refractivity contribution in [2.75, 3.05) is 33.2 Å². The highest BCUT2D eigenvalue weighted by atomic mass is 35.5. The maximum Gasteiger partial charge on any atom is 0.319 e. The van der Waals surface area contributed by atoms with Crippen molar-refractivity contribution in [1.82, 2.24) is 15.1 Å². The average molecular weight is 638 g/mol. The smallest absolute Gasteiger partial charge is 0.319 e. The topological polar surface area (TPSA) is 69.7 Å². The predicted octanol–water partition coefficient (Wildman–Crippen LogP) is 5.86. The molecular formula is C34H52ClF2N4O3+. The summed E-state index contributed by atoms with van der Waals surface area (Å²) in [5, 5.41) is 3.57. The molecule has 1 saturated carbocycles. The molecule has 1 N–H and O–H groups in total. The molecule has 0 spiro atoms. The number of hydrogen-bond acceptors (Lipinski definition) is 4. The zero-order valence-corrected chi connectivity index (χ0v) is 28.5. The first-order valence-electron chi connectivity index (χ1n) is 16.2. The van der Waals surface area contributed by atoms with Crippen LogP contribution in [0.15, 0.2) is 24.3 Å². The first-order valence-corrected chi connectivity index (χ1v) is 16.5. The van der Waals surface area contributed by atoms with Crippen LogP contribution in [-0.4, -0.2) is 94.8 Å². The van der Waals surface area contributed by atoms with Crippen LogP contribution in [0.4, 0.5) is 8.78 Å². The van der Waals surface area contributed by atoms with E-state index in [2.05, 4.69) is 31.0 Å². The number of halogens is 3. The van der Waals surface area contributed by atoms with Gasteiger partial charge in [0.2, 0.25) is 11.8 Å². The van der Waals surface area contributed by atoms with Crippen molar-refractivity contribution in [2.24, 2.45) is 11.3 Å². The van der Waals surface area contributed by atoms with Crippen molar-refractivity contribution in [3.8, 4) is 0 Å². The SMILES string of the molecule is CCNC(=O)[C@@H]1C[C@H](N(C(=O)C(C)(C)C)C2CCC(F)(F)CC2)C[N+]1(C)C(=O)[C@@H]1CN(C(C)(C)C)C[C@H]1c1ccc(Cl)cc1. The molecule has 1 aliphatic carbocycles. The van der Waals surface area contributed by atoms with E-state index in [4.69, 9.17) is 11.6 Å². The molecule has 1 aromatic carbocycles. The summed E-state index contributed by atoms with van der Waals surface area (Å²) in [5.41, 5.74) is 0.128. The third-order valence-corrected chi connectivity index (χ3v) is 10.4. The van der Waals surface area contributed by atoms with Gasteiger partial charge < -0.3 is 10.2 Å². The Kier molecular flexibility index (Phi) is 9.95. The van der Waals surface area contributed by atoms with Crippen LogP contribution in [0, 0.1) is 11.3 Å². The summed E-state index contributed by atoms with van der Waals surface area (Å²) in [6.45, 7) is 15.7. The first-order chi connectivity index (χ1) is 20.3. The fraction of sp³-hybridized carbons (Fsp3) is 0.735. The molecule has 2 saturated heterocycles. The van der Waals surface area contributed by atoms with E-state index >= 15 is 0 Å². The summed E-state index contributed by atoms with van der Waals surface area (Å²) < 4.78 is 28.3. The lowest BCUT2D eigenvalue weighted by atomic mass is 9.86. The highest BCUT2D eigenvalue weighted by molar-refractivity contribution is 6.30. The Hall–Kier alpha value is -2.10. The van der Waals surface area contributed by atoms with Crippen molar-refractivity contribution in [2.45, 2.75) is 116 Å². The predicted molar refractivity (Wildman–Crippen MR) is 169 cm³/mol. The number of amides is 3. The van der Waals surface area contributed by atoms with Gasteiger partial charge in [-0.2, -0.15) is 0 Å². The summed E-state index contributed by atoms with van der Waals surface area (Å²) in [7, 11) is 1.84. The Bertz CT molecular complexity index is 1220. The molecule has 246 valence electrons. The lowest BCUT2D eigenvalue weighted by Gasteiger charge is -2.43. The molecule has 7 nitrogen and oxygen atoms in total. The van der Waals surface area contributed by atoms with E-state index in [0.29, 0.717) is 31.1 Å². The Morgan fingerprint density at radius 3 is 2.14 bits per heavy atom. The molecule has 3 amide bonds. The van der Waals surface area contributed by atoms with Crippen molar-refractivity contribution >= 4 is 29.3 Å². The van der Waals surface area contributed by atoms with Crippen molar-refractivity contribution < 1.29 is 27.6 Å². The number of rotatable bonds is 6. The number of nitrogens with zero attached hydrogens (tertiary/aromatic N) is 3. The van der Waals surface area contributed by atoms with E-state index in [0.717, 1.165) is 5.56 Å². The van der Waals surface area contributed by atoms with Gasteiger partial charge in [0, 0.05) is 66.8 Å². The van der Waals surface area contributed by atoms with Gasteiger partial charge in [-0.1, -0.05) is 44.5 Å². The molecule has 5 atom stereocenters. The number of likely N-dealkylation sites (N-methyl/N-ethyl adjacent to an activating group) is 2. The van der Waals surface area contributed by atoms with Gasteiger partial charge >= 0.3 is 5.91 Å². The Morgan fingerprint density at radius 2 is 1.61 bits per heavy atom. The quantitative estimate of drug-likeness (QED) is 0.397. The summed E-state index contributed by atoms with van der Waals surface area (Å²) in [6.07, 6.45) is 0.185. The number of likely N-dealkylation sites (tertiary alicyclic amines) is 2. The molecule has 0 radical (unpaired) electrons. The fourth-order valence-corrected chi connectivity index (χ4v) is 7.71. The molecular weight excluding hydrogens is 586 g/mol. The van der Waals surface area contributed by atoms with Crippen molar-refractivity contribution in [1.29, 1.82) is 0 Å². The molecule has 1 unspecified atom stereocenters. The highest BCUT2D eigenvalue weighted by Gasteiger charge is 2.59. The van der Waals surface area contributed by atoms with Crippen LogP contribution in [0.5, 0.6) is 0 Å².